The van der Waals surface area contributed by atoms with E-state index in [0.717, 1.165) is 12.8 Å². The van der Waals surface area contributed by atoms with Crippen molar-refractivity contribution in [1.82, 2.24) is 4.57 Å². The van der Waals surface area contributed by atoms with Crippen molar-refractivity contribution in [2.75, 3.05) is 0 Å². The molecule has 0 atom stereocenters. The molecule has 0 aliphatic heterocycles. The molecule has 116 valence electrons. The first-order chi connectivity index (χ1) is 10.6. The molecule has 0 saturated heterocycles. The van der Waals surface area contributed by atoms with Gasteiger partial charge in [0.05, 0.1) is 12.4 Å². The zero-order valence-electron chi connectivity index (χ0n) is 12.0. The van der Waals surface area contributed by atoms with Gasteiger partial charge in [-0.25, -0.2) is 0 Å². The molecule has 0 amide bonds. The summed E-state index contributed by atoms with van der Waals surface area (Å²) in [6.07, 6.45) is 7.37. The summed E-state index contributed by atoms with van der Waals surface area (Å²) in [4.78, 5) is 22.2. The van der Waals surface area contributed by atoms with Crippen molar-refractivity contribution in [3.05, 3.63) is 45.0 Å². The van der Waals surface area contributed by atoms with Crippen molar-refractivity contribution in [2.45, 2.75) is 37.6 Å². The zero-order valence-corrected chi connectivity index (χ0v) is 12.8. The number of thiophene rings is 1. The first-order valence-corrected chi connectivity index (χ1v) is 8.15. The number of nitrogens with zero attached hydrogens (tertiary/aromatic N) is 1. The normalized spacial score (nSPS) is 16.5. The summed E-state index contributed by atoms with van der Waals surface area (Å²) in [5, 5.41) is 14.0. The van der Waals surface area contributed by atoms with Crippen LogP contribution in [0.1, 0.15) is 31.2 Å². The highest BCUT2D eigenvalue weighted by Gasteiger charge is 2.36. The van der Waals surface area contributed by atoms with Crippen LogP contribution in [0.3, 0.4) is 0 Å². The van der Waals surface area contributed by atoms with Gasteiger partial charge in [-0.15, -0.1) is 0 Å². The van der Waals surface area contributed by atoms with E-state index >= 15 is 0 Å². The van der Waals surface area contributed by atoms with Crippen molar-refractivity contribution in [3.8, 4) is 11.5 Å². The Labute approximate surface area is 131 Å². The number of aromatic nitrogens is 1. The largest absolute Gasteiger partial charge is 0.503 e. The van der Waals surface area contributed by atoms with Crippen LogP contribution in [0.4, 0.5) is 0 Å². The van der Waals surface area contributed by atoms with Gasteiger partial charge in [0.25, 0.3) is 11.9 Å². The van der Waals surface area contributed by atoms with Crippen molar-refractivity contribution >= 4 is 17.8 Å². The molecule has 2 heterocycles. The van der Waals surface area contributed by atoms with E-state index in [1.54, 1.807) is 15.9 Å². The van der Waals surface area contributed by atoms with Gasteiger partial charge in [0.15, 0.2) is 11.5 Å². The van der Waals surface area contributed by atoms with E-state index in [1.807, 2.05) is 0 Å². The molecule has 0 aromatic carbocycles. The summed E-state index contributed by atoms with van der Waals surface area (Å²) in [5.41, 5.74) is 0.644. The second-order valence-electron chi connectivity index (χ2n) is 5.72. The van der Waals surface area contributed by atoms with Gasteiger partial charge in [0.2, 0.25) is 0 Å². The van der Waals surface area contributed by atoms with Crippen LogP contribution in [0.15, 0.2) is 34.0 Å². The van der Waals surface area contributed by atoms with Gasteiger partial charge >= 0.3 is 0 Å². The van der Waals surface area contributed by atoms with E-state index in [-0.39, 0.29) is 17.6 Å². The molecule has 1 saturated carbocycles. The molecule has 6 heteroatoms. The topological polar surface area (TPSA) is 68.5 Å². The lowest BCUT2D eigenvalue weighted by Gasteiger charge is -2.29. The summed E-state index contributed by atoms with van der Waals surface area (Å²) in [7, 11) is 0. The molecular weight excluding hydrogens is 302 g/mol. The highest BCUT2D eigenvalue weighted by Crippen LogP contribution is 2.43. The first-order valence-electron chi connectivity index (χ1n) is 7.21. The van der Waals surface area contributed by atoms with Crippen molar-refractivity contribution < 1.29 is 14.6 Å². The third-order valence-electron chi connectivity index (χ3n) is 4.38. The maximum absolute atomic E-state index is 11.7. The predicted molar refractivity (Wildman–Crippen MR) is 83.5 cm³/mol. The molecule has 0 radical (unpaired) electrons. The molecule has 1 aliphatic rings. The molecule has 2 aromatic rings. The highest BCUT2D eigenvalue weighted by atomic mass is 32.1. The minimum absolute atomic E-state index is 0.0138. The van der Waals surface area contributed by atoms with Gasteiger partial charge in [0, 0.05) is 12.0 Å². The average molecular weight is 319 g/mol. The Morgan fingerprint density at radius 1 is 1.36 bits per heavy atom. The van der Waals surface area contributed by atoms with Crippen LogP contribution >= 0.6 is 11.3 Å². The zero-order chi connectivity index (χ0) is 15.6. The van der Waals surface area contributed by atoms with Crippen LogP contribution in [-0.2, 0) is 16.8 Å². The number of carbonyl (C=O) groups excluding carboxylic acids is 1. The first kappa shape index (κ1) is 14.8. The van der Waals surface area contributed by atoms with E-state index in [0.29, 0.717) is 6.54 Å². The number of pyridine rings is 1. The van der Waals surface area contributed by atoms with Gasteiger partial charge in [0.1, 0.15) is 0 Å². The molecule has 1 aliphatic carbocycles. The SMILES string of the molecule is O=COc1cn(CC2(c3ccsc3)CCCC2)cc(O)c1=O. The Morgan fingerprint density at radius 2 is 2.14 bits per heavy atom. The summed E-state index contributed by atoms with van der Waals surface area (Å²) in [5.74, 6) is -0.550. The van der Waals surface area contributed by atoms with Crippen LogP contribution in [0, 0.1) is 0 Å². The Hall–Kier alpha value is -2.08. The molecule has 5 nitrogen and oxygen atoms in total. The number of hydrogen-bond acceptors (Lipinski definition) is 5. The smallest absolute Gasteiger partial charge is 0.298 e. The summed E-state index contributed by atoms with van der Waals surface area (Å²) < 4.78 is 6.42. The standard InChI is InChI=1S/C16H17NO4S/c18-11-21-14-8-17(7-13(19)15(14)20)10-16(4-1-2-5-16)12-3-6-22-9-12/h3,6-9,11,19H,1-2,4-5,10H2. The van der Waals surface area contributed by atoms with E-state index in [4.69, 9.17) is 0 Å². The van der Waals surface area contributed by atoms with Crippen molar-refractivity contribution in [1.29, 1.82) is 0 Å². The fraction of sp³-hybridized carbons (Fsp3) is 0.375. The fourth-order valence-electron chi connectivity index (χ4n) is 3.32. The molecule has 1 fully saturated rings. The highest BCUT2D eigenvalue weighted by molar-refractivity contribution is 7.08. The second-order valence-corrected chi connectivity index (χ2v) is 6.50. The maximum Gasteiger partial charge on any atom is 0.298 e. The van der Waals surface area contributed by atoms with E-state index in [9.17, 15) is 14.7 Å². The van der Waals surface area contributed by atoms with Gasteiger partial charge in [-0.2, -0.15) is 11.3 Å². The molecule has 0 bridgehead atoms. The Balaban J connectivity index is 1.97. The summed E-state index contributed by atoms with van der Waals surface area (Å²) in [6, 6.07) is 2.14. The van der Waals surface area contributed by atoms with E-state index < -0.39 is 11.2 Å². The molecule has 2 aromatic heterocycles. The van der Waals surface area contributed by atoms with Crippen LogP contribution in [0.25, 0.3) is 0 Å². The minimum atomic E-state index is -0.667. The molecular formula is C16H17NO4S. The van der Waals surface area contributed by atoms with E-state index in [2.05, 4.69) is 21.6 Å². The molecule has 22 heavy (non-hydrogen) atoms. The number of ether oxygens (including phenoxy) is 1. The van der Waals surface area contributed by atoms with Gasteiger partial charge in [-0.1, -0.05) is 12.8 Å². The van der Waals surface area contributed by atoms with Crippen LogP contribution in [0.2, 0.25) is 0 Å². The quantitative estimate of drug-likeness (QED) is 0.860. The maximum atomic E-state index is 11.7. The van der Waals surface area contributed by atoms with Crippen molar-refractivity contribution in [2.24, 2.45) is 0 Å². The molecule has 0 unspecified atom stereocenters. The number of carbonyl (C=O) groups is 1. The minimum Gasteiger partial charge on any atom is -0.503 e. The molecule has 3 rings (SSSR count). The number of rotatable bonds is 5. The number of hydrogen-bond donors (Lipinski definition) is 1. The Morgan fingerprint density at radius 3 is 2.77 bits per heavy atom. The second kappa shape index (κ2) is 5.96. The lowest BCUT2D eigenvalue weighted by Crippen LogP contribution is -2.28. The summed E-state index contributed by atoms with van der Waals surface area (Å²) in [6.45, 7) is 0.845. The van der Waals surface area contributed by atoms with E-state index in [1.165, 1.54) is 30.8 Å². The molecule has 0 spiro atoms. The predicted octanol–water partition coefficient (Wildman–Crippen LogP) is 2.66. The van der Waals surface area contributed by atoms with Gasteiger partial charge < -0.3 is 14.4 Å². The third kappa shape index (κ3) is 2.66. The Bertz CT molecular complexity index is 714. The number of aromatic hydroxyl groups is 1. The lowest BCUT2D eigenvalue weighted by atomic mass is 9.80. The summed E-state index contributed by atoms with van der Waals surface area (Å²) >= 11 is 1.67. The third-order valence-corrected chi connectivity index (χ3v) is 5.07. The van der Waals surface area contributed by atoms with Crippen LogP contribution in [-0.4, -0.2) is 16.1 Å². The monoisotopic (exact) mass is 319 g/mol. The van der Waals surface area contributed by atoms with Crippen LogP contribution in [0.5, 0.6) is 11.5 Å². The van der Waals surface area contributed by atoms with Gasteiger partial charge in [-0.05, 0) is 35.2 Å². The van der Waals surface area contributed by atoms with Gasteiger partial charge in [-0.3, -0.25) is 9.59 Å². The molecule has 1 N–H and O–H groups in total. The Kier molecular flexibility index (Phi) is 4.02. The van der Waals surface area contributed by atoms with Crippen LogP contribution < -0.4 is 10.2 Å². The fourth-order valence-corrected chi connectivity index (χ4v) is 4.10. The average Bonchev–Trinajstić information content (AvgIpc) is 3.16. The lowest BCUT2D eigenvalue weighted by molar-refractivity contribution is -0.120. The van der Waals surface area contributed by atoms with Crippen molar-refractivity contribution in [3.63, 3.8) is 0 Å².